The van der Waals surface area contributed by atoms with Crippen molar-refractivity contribution in [2.75, 3.05) is 12.4 Å². The number of amides is 1. The molecule has 0 aromatic heterocycles. The minimum atomic E-state index is 0.172. The molecule has 1 atom stereocenters. The summed E-state index contributed by atoms with van der Waals surface area (Å²) in [6.07, 6.45) is 3.27. The third-order valence-corrected chi connectivity index (χ3v) is 3.56. The van der Waals surface area contributed by atoms with E-state index >= 15 is 0 Å². The van der Waals surface area contributed by atoms with E-state index in [1.807, 2.05) is 25.2 Å². The van der Waals surface area contributed by atoms with Crippen molar-refractivity contribution in [3.8, 4) is 0 Å². The van der Waals surface area contributed by atoms with Crippen LogP contribution < -0.4 is 10.6 Å². The lowest BCUT2D eigenvalue weighted by Gasteiger charge is -2.24. The number of benzene rings is 1. The largest absolute Gasteiger partial charge is 0.326 e. The number of rotatable bonds is 4. The highest BCUT2D eigenvalue weighted by molar-refractivity contribution is 5.93. The van der Waals surface area contributed by atoms with Crippen molar-refractivity contribution in [1.29, 1.82) is 0 Å². The molecule has 1 aliphatic carbocycles. The van der Waals surface area contributed by atoms with Gasteiger partial charge in [0.25, 0.3) is 0 Å². The molecule has 2 rings (SSSR count). The zero-order chi connectivity index (χ0) is 12.3. The quantitative estimate of drug-likeness (QED) is 0.838. The van der Waals surface area contributed by atoms with Gasteiger partial charge in [0.2, 0.25) is 5.91 Å². The van der Waals surface area contributed by atoms with Crippen LogP contribution in [0, 0.1) is 5.92 Å². The van der Waals surface area contributed by atoms with Crippen LogP contribution in [0.15, 0.2) is 24.3 Å². The standard InChI is InChI=1S/C14H20N2O/c1-10(15-2)12-7-4-8-13(9-12)16-14(17)11-5-3-6-11/h4,7-11,15H,3,5-6H2,1-2H3,(H,16,17). The third-order valence-electron chi connectivity index (χ3n) is 3.56. The zero-order valence-electron chi connectivity index (χ0n) is 10.5. The Hall–Kier alpha value is -1.35. The highest BCUT2D eigenvalue weighted by atomic mass is 16.1. The lowest BCUT2D eigenvalue weighted by Crippen LogP contribution is -2.28. The summed E-state index contributed by atoms with van der Waals surface area (Å²) in [5.41, 5.74) is 2.10. The highest BCUT2D eigenvalue weighted by Gasteiger charge is 2.25. The Morgan fingerprint density at radius 2 is 2.18 bits per heavy atom. The summed E-state index contributed by atoms with van der Waals surface area (Å²) in [4.78, 5) is 11.8. The van der Waals surface area contributed by atoms with Gasteiger partial charge in [-0.1, -0.05) is 18.6 Å². The number of hydrogen-bond donors (Lipinski definition) is 2. The molecule has 0 radical (unpaired) electrons. The lowest BCUT2D eigenvalue weighted by molar-refractivity contribution is -0.122. The van der Waals surface area contributed by atoms with Crippen LogP contribution in [-0.4, -0.2) is 13.0 Å². The number of anilines is 1. The van der Waals surface area contributed by atoms with E-state index in [4.69, 9.17) is 0 Å². The molecule has 1 aromatic carbocycles. The molecule has 3 nitrogen and oxygen atoms in total. The molecule has 17 heavy (non-hydrogen) atoms. The van der Waals surface area contributed by atoms with Gasteiger partial charge in [0.05, 0.1) is 0 Å². The molecule has 2 N–H and O–H groups in total. The summed E-state index contributed by atoms with van der Waals surface area (Å²) in [7, 11) is 1.93. The van der Waals surface area contributed by atoms with Crippen molar-refractivity contribution in [3.63, 3.8) is 0 Å². The van der Waals surface area contributed by atoms with E-state index in [0.29, 0.717) is 6.04 Å². The molecule has 0 spiro atoms. The average Bonchev–Trinajstić information content (AvgIpc) is 2.26. The first kappa shape index (κ1) is 12.1. The fraction of sp³-hybridized carbons (Fsp3) is 0.500. The summed E-state index contributed by atoms with van der Waals surface area (Å²) < 4.78 is 0. The molecule has 1 unspecified atom stereocenters. The van der Waals surface area contributed by atoms with Crippen LogP contribution in [0.2, 0.25) is 0 Å². The monoisotopic (exact) mass is 232 g/mol. The Morgan fingerprint density at radius 3 is 2.76 bits per heavy atom. The fourth-order valence-corrected chi connectivity index (χ4v) is 1.97. The zero-order valence-corrected chi connectivity index (χ0v) is 10.5. The molecule has 92 valence electrons. The van der Waals surface area contributed by atoms with Gasteiger partial charge in [-0.3, -0.25) is 4.79 Å². The van der Waals surface area contributed by atoms with E-state index in [9.17, 15) is 4.79 Å². The molecular formula is C14H20N2O. The predicted octanol–water partition coefficient (Wildman–Crippen LogP) is 2.71. The molecule has 1 aromatic rings. The summed E-state index contributed by atoms with van der Waals surface area (Å²) in [6.45, 7) is 2.10. The molecule has 0 saturated heterocycles. The van der Waals surface area contributed by atoms with Crippen LogP contribution in [0.5, 0.6) is 0 Å². The molecule has 1 saturated carbocycles. The summed E-state index contributed by atoms with van der Waals surface area (Å²) in [5, 5.41) is 6.19. The van der Waals surface area contributed by atoms with Crippen molar-refractivity contribution in [2.45, 2.75) is 32.2 Å². The predicted molar refractivity (Wildman–Crippen MR) is 69.9 cm³/mol. The van der Waals surface area contributed by atoms with Crippen molar-refractivity contribution in [2.24, 2.45) is 5.92 Å². The van der Waals surface area contributed by atoms with Crippen molar-refractivity contribution < 1.29 is 4.79 Å². The summed E-state index contributed by atoms with van der Waals surface area (Å²) >= 11 is 0. The van der Waals surface area contributed by atoms with Gasteiger partial charge in [0.15, 0.2) is 0 Å². The van der Waals surface area contributed by atoms with E-state index in [1.54, 1.807) is 0 Å². The molecule has 0 bridgehead atoms. The number of hydrogen-bond acceptors (Lipinski definition) is 2. The SMILES string of the molecule is CNC(C)c1cccc(NC(=O)C2CCC2)c1. The van der Waals surface area contributed by atoms with E-state index in [1.165, 1.54) is 12.0 Å². The van der Waals surface area contributed by atoms with E-state index in [-0.39, 0.29) is 11.8 Å². The molecule has 0 heterocycles. The first-order valence-corrected chi connectivity index (χ1v) is 6.29. The van der Waals surface area contributed by atoms with Gasteiger partial charge in [-0.25, -0.2) is 0 Å². The second-order valence-corrected chi connectivity index (χ2v) is 4.75. The van der Waals surface area contributed by atoms with Crippen LogP contribution in [0.1, 0.15) is 37.8 Å². The molecule has 1 amide bonds. The molecule has 1 fully saturated rings. The first-order valence-electron chi connectivity index (χ1n) is 6.29. The maximum atomic E-state index is 11.8. The maximum Gasteiger partial charge on any atom is 0.227 e. The van der Waals surface area contributed by atoms with Crippen LogP contribution >= 0.6 is 0 Å². The Balaban J connectivity index is 2.02. The van der Waals surface area contributed by atoms with Gasteiger partial charge in [0.1, 0.15) is 0 Å². The van der Waals surface area contributed by atoms with Gasteiger partial charge in [0, 0.05) is 17.6 Å². The Bertz CT molecular complexity index is 399. The average molecular weight is 232 g/mol. The third kappa shape index (κ3) is 2.86. The number of carbonyl (C=O) groups is 1. The topological polar surface area (TPSA) is 41.1 Å². The molecule has 0 aliphatic heterocycles. The van der Waals surface area contributed by atoms with E-state index in [0.717, 1.165) is 18.5 Å². The van der Waals surface area contributed by atoms with E-state index < -0.39 is 0 Å². The van der Waals surface area contributed by atoms with Crippen molar-refractivity contribution in [1.82, 2.24) is 5.32 Å². The second-order valence-electron chi connectivity index (χ2n) is 4.75. The minimum Gasteiger partial charge on any atom is -0.326 e. The van der Waals surface area contributed by atoms with Gasteiger partial charge in [-0.05, 0) is 44.5 Å². The van der Waals surface area contributed by atoms with E-state index in [2.05, 4.69) is 23.6 Å². The lowest BCUT2D eigenvalue weighted by atomic mass is 9.85. The van der Waals surface area contributed by atoms with Crippen molar-refractivity contribution in [3.05, 3.63) is 29.8 Å². The fourth-order valence-electron chi connectivity index (χ4n) is 1.97. The molecule has 3 heteroatoms. The van der Waals surface area contributed by atoms with Gasteiger partial charge in [-0.15, -0.1) is 0 Å². The molecule has 1 aliphatic rings. The Morgan fingerprint density at radius 1 is 1.41 bits per heavy atom. The Labute approximate surface area is 103 Å². The van der Waals surface area contributed by atoms with Crippen LogP contribution in [0.3, 0.4) is 0 Å². The van der Waals surface area contributed by atoms with Crippen LogP contribution in [0.25, 0.3) is 0 Å². The molecular weight excluding hydrogens is 212 g/mol. The van der Waals surface area contributed by atoms with Crippen molar-refractivity contribution >= 4 is 11.6 Å². The van der Waals surface area contributed by atoms with Gasteiger partial charge in [-0.2, -0.15) is 0 Å². The first-order chi connectivity index (χ1) is 8.20. The maximum absolute atomic E-state index is 11.8. The number of nitrogens with one attached hydrogen (secondary N) is 2. The Kier molecular flexibility index (Phi) is 3.79. The highest BCUT2D eigenvalue weighted by Crippen LogP contribution is 2.28. The summed E-state index contributed by atoms with van der Waals surface area (Å²) in [6, 6.07) is 8.34. The number of carbonyl (C=O) groups excluding carboxylic acids is 1. The smallest absolute Gasteiger partial charge is 0.227 e. The van der Waals surface area contributed by atoms with Gasteiger partial charge < -0.3 is 10.6 Å². The second kappa shape index (κ2) is 5.32. The normalized spacial score (nSPS) is 17.3. The van der Waals surface area contributed by atoms with Crippen LogP contribution in [-0.2, 0) is 4.79 Å². The summed E-state index contributed by atoms with van der Waals surface area (Å²) in [5.74, 6) is 0.408. The van der Waals surface area contributed by atoms with Gasteiger partial charge >= 0.3 is 0 Å². The van der Waals surface area contributed by atoms with Crippen LogP contribution in [0.4, 0.5) is 5.69 Å². The minimum absolute atomic E-state index is 0.172.